The Balaban J connectivity index is 2.24. The lowest BCUT2D eigenvalue weighted by molar-refractivity contribution is 0.0695. The Morgan fingerprint density at radius 2 is 1.35 bits per heavy atom. The number of carbonyl (C=O) groups is 1. The van der Waals surface area contributed by atoms with Crippen molar-refractivity contribution in [3.63, 3.8) is 0 Å². The fourth-order valence-corrected chi connectivity index (χ4v) is 3.14. The SMILES string of the molecule is COc1cccc(C(c2cccc(OC)c2)c2ccccc2C(=O)O)c1. The molecule has 0 spiro atoms. The fourth-order valence-electron chi connectivity index (χ4n) is 3.14. The lowest BCUT2D eigenvalue weighted by Gasteiger charge is -2.21. The maximum absolute atomic E-state index is 11.8. The third-order valence-corrected chi connectivity index (χ3v) is 4.36. The second kappa shape index (κ2) is 7.74. The highest BCUT2D eigenvalue weighted by molar-refractivity contribution is 5.90. The van der Waals surface area contributed by atoms with Crippen molar-refractivity contribution in [1.29, 1.82) is 0 Å². The molecule has 132 valence electrons. The van der Waals surface area contributed by atoms with Crippen molar-refractivity contribution in [1.82, 2.24) is 0 Å². The molecule has 0 aliphatic carbocycles. The van der Waals surface area contributed by atoms with Crippen LogP contribution in [0, 0.1) is 0 Å². The Morgan fingerprint density at radius 3 is 1.85 bits per heavy atom. The van der Waals surface area contributed by atoms with E-state index in [2.05, 4.69) is 0 Å². The minimum atomic E-state index is -0.948. The van der Waals surface area contributed by atoms with Crippen LogP contribution in [0.4, 0.5) is 0 Å². The van der Waals surface area contributed by atoms with Crippen LogP contribution in [0.2, 0.25) is 0 Å². The summed E-state index contributed by atoms with van der Waals surface area (Å²) in [6.45, 7) is 0. The van der Waals surface area contributed by atoms with Crippen LogP contribution in [0.1, 0.15) is 33.0 Å². The van der Waals surface area contributed by atoms with Gasteiger partial charge < -0.3 is 14.6 Å². The Morgan fingerprint density at radius 1 is 0.808 bits per heavy atom. The summed E-state index contributed by atoms with van der Waals surface area (Å²) >= 11 is 0. The summed E-state index contributed by atoms with van der Waals surface area (Å²) in [6.07, 6.45) is 0. The van der Waals surface area contributed by atoms with Crippen molar-refractivity contribution in [2.45, 2.75) is 5.92 Å². The molecule has 0 aliphatic heterocycles. The molecule has 1 N–H and O–H groups in total. The molecule has 0 unspecified atom stereocenters. The highest BCUT2D eigenvalue weighted by atomic mass is 16.5. The Kier molecular flexibility index (Phi) is 5.23. The molecule has 0 saturated heterocycles. The lowest BCUT2D eigenvalue weighted by atomic mass is 9.82. The van der Waals surface area contributed by atoms with Crippen molar-refractivity contribution in [2.75, 3.05) is 14.2 Å². The summed E-state index contributed by atoms with van der Waals surface area (Å²) in [6, 6.07) is 22.5. The Hall–Kier alpha value is -3.27. The molecule has 3 rings (SSSR count). The van der Waals surface area contributed by atoms with Crippen LogP contribution in [-0.2, 0) is 0 Å². The highest BCUT2D eigenvalue weighted by Crippen LogP contribution is 2.36. The summed E-state index contributed by atoms with van der Waals surface area (Å²) < 4.78 is 10.7. The summed E-state index contributed by atoms with van der Waals surface area (Å²) in [5.74, 6) is 0.246. The first-order valence-corrected chi connectivity index (χ1v) is 8.24. The second-order valence-corrected chi connectivity index (χ2v) is 5.88. The first kappa shape index (κ1) is 17.5. The van der Waals surface area contributed by atoms with E-state index >= 15 is 0 Å². The first-order valence-electron chi connectivity index (χ1n) is 8.24. The number of benzene rings is 3. The van der Waals surface area contributed by atoms with E-state index in [0.717, 1.165) is 28.2 Å². The zero-order valence-corrected chi connectivity index (χ0v) is 14.7. The van der Waals surface area contributed by atoms with Crippen molar-refractivity contribution in [3.05, 3.63) is 95.1 Å². The van der Waals surface area contributed by atoms with Gasteiger partial charge in [-0.05, 0) is 47.0 Å². The minimum Gasteiger partial charge on any atom is -0.497 e. The molecule has 0 heterocycles. The number of carboxylic acid groups (broad SMARTS) is 1. The molecule has 0 aromatic heterocycles. The molecule has 0 aliphatic rings. The van der Waals surface area contributed by atoms with Crippen LogP contribution in [0.3, 0.4) is 0 Å². The van der Waals surface area contributed by atoms with Crippen LogP contribution in [0.25, 0.3) is 0 Å². The normalized spacial score (nSPS) is 10.6. The third kappa shape index (κ3) is 3.54. The van der Waals surface area contributed by atoms with Gasteiger partial charge >= 0.3 is 5.97 Å². The van der Waals surface area contributed by atoms with Crippen molar-refractivity contribution in [2.24, 2.45) is 0 Å². The lowest BCUT2D eigenvalue weighted by Crippen LogP contribution is -2.10. The van der Waals surface area contributed by atoms with E-state index in [1.54, 1.807) is 26.4 Å². The van der Waals surface area contributed by atoms with Crippen LogP contribution in [0.5, 0.6) is 11.5 Å². The summed E-state index contributed by atoms with van der Waals surface area (Å²) in [5.41, 5.74) is 2.90. The van der Waals surface area contributed by atoms with E-state index in [9.17, 15) is 9.90 Å². The summed E-state index contributed by atoms with van der Waals surface area (Å²) in [4.78, 5) is 11.8. The van der Waals surface area contributed by atoms with E-state index in [1.165, 1.54) is 0 Å². The molecular formula is C22H20O4. The number of ether oxygens (including phenoxy) is 2. The van der Waals surface area contributed by atoms with E-state index in [4.69, 9.17) is 9.47 Å². The fraction of sp³-hybridized carbons (Fsp3) is 0.136. The molecule has 26 heavy (non-hydrogen) atoms. The van der Waals surface area contributed by atoms with Gasteiger partial charge in [-0.3, -0.25) is 0 Å². The molecular weight excluding hydrogens is 328 g/mol. The molecule has 0 fully saturated rings. The maximum Gasteiger partial charge on any atom is 0.335 e. The third-order valence-electron chi connectivity index (χ3n) is 4.36. The second-order valence-electron chi connectivity index (χ2n) is 5.88. The number of hydrogen-bond donors (Lipinski definition) is 1. The molecule has 4 heteroatoms. The Labute approximate surface area is 152 Å². The molecule has 4 nitrogen and oxygen atoms in total. The molecule has 0 radical (unpaired) electrons. The van der Waals surface area contributed by atoms with E-state index in [-0.39, 0.29) is 11.5 Å². The van der Waals surface area contributed by atoms with Gasteiger partial charge in [0.25, 0.3) is 0 Å². The van der Waals surface area contributed by atoms with E-state index in [1.807, 2.05) is 60.7 Å². The predicted octanol–water partition coefficient (Wildman–Crippen LogP) is 4.58. The standard InChI is InChI=1S/C22H20O4/c1-25-17-9-5-7-15(13-17)21(16-8-6-10-18(14-16)26-2)19-11-3-4-12-20(19)22(23)24/h3-14,21H,1-2H3,(H,23,24). The van der Waals surface area contributed by atoms with Gasteiger partial charge in [-0.15, -0.1) is 0 Å². The molecule has 0 bridgehead atoms. The largest absolute Gasteiger partial charge is 0.497 e. The number of hydrogen-bond acceptors (Lipinski definition) is 3. The van der Waals surface area contributed by atoms with Crippen molar-refractivity contribution in [3.8, 4) is 11.5 Å². The molecule has 3 aromatic carbocycles. The minimum absolute atomic E-state index is 0.257. The monoisotopic (exact) mass is 348 g/mol. The van der Waals surface area contributed by atoms with Gasteiger partial charge in [-0.25, -0.2) is 4.79 Å². The van der Waals surface area contributed by atoms with Crippen LogP contribution >= 0.6 is 0 Å². The number of rotatable bonds is 6. The smallest absolute Gasteiger partial charge is 0.335 e. The van der Waals surface area contributed by atoms with Gasteiger partial charge in [0, 0.05) is 5.92 Å². The van der Waals surface area contributed by atoms with Gasteiger partial charge in [0.05, 0.1) is 19.8 Å². The average molecular weight is 348 g/mol. The van der Waals surface area contributed by atoms with Crippen LogP contribution in [-0.4, -0.2) is 25.3 Å². The van der Waals surface area contributed by atoms with Gasteiger partial charge in [0.15, 0.2) is 0 Å². The van der Waals surface area contributed by atoms with Gasteiger partial charge in [0.1, 0.15) is 11.5 Å². The highest BCUT2D eigenvalue weighted by Gasteiger charge is 2.23. The van der Waals surface area contributed by atoms with E-state index in [0.29, 0.717) is 0 Å². The van der Waals surface area contributed by atoms with Crippen LogP contribution in [0.15, 0.2) is 72.8 Å². The number of aromatic carboxylic acids is 1. The number of carboxylic acids is 1. The van der Waals surface area contributed by atoms with Crippen molar-refractivity contribution >= 4 is 5.97 Å². The zero-order valence-electron chi connectivity index (χ0n) is 14.7. The average Bonchev–Trinajstić information content (AvgIpc) is 2.69. The Bertz CT molecular complexity index is 870. The molecule has 0 amide bonds. The van der Waals surface area contributed by atoms with Gasteiger partial charge in [-0.2, -0.15) is 0 Å². The van der Waals surface area contributed by atoms with Gasteiger partial charge in [-0.1, -0.05) is 42.5 Å². The van der Waals surface area contributed by atoms with Gasteiger partial charge in [0.2, 0.25) is 0 Å². The van der Waals surface area contributed by atoms with Crippen LogP contribution < -0.4 is 9.47 Å². The predicted molar refractivity (Wildman–Crippen MR) is 100 cm³/mol. The van der Waals surface area contributed by atoms with Crippen molar-refractivity contribution < 1.29 is 19.4 Å². The number of methoxy groups -OCH3 is 2. The first-order chi connectivity index (χ1) is 12.6. The maximum atomic E-state index is 11.8. The molecule has 0 saturated carbocycles. The van der Waals surface area contributed by atoms with E-state index < -0.39 is 5.97 Å². The molecule has 3 aromatic rings. The molecule has 0 atom stereocenters. The zero-order chi connectivity index (χ0) is 18.5. The quantitative estimate of drug-likeness (QED) is 0.662. The topological polar surface area (TPSA) is 55.8 Å². The summed E-state index contributed by atoms with van der Waals surface area (Å²) in [5, 5.41) is 9.66. The summed E-state index contributed by atoms with van der Waals surface area (Å²) in [7, 11) is 3.23.